The molecule has 0 aromatic rings. The summed E-state index contributed by atoms with van der Waals surface area (Å²) in [4.78, 5) is 12.2. The molecule has 4 atom stereocenters. The Morgan fingerprint density at radius 2 is 1.84 bits per heavy atom. The summed E-state index contributed by atoms with van der Waals surface area (Å²) in [5.74, 6) is 1.04. The molecule has 0 saturated heterocycles. The fraction of sp³-hybridized carbons (Fsp3) is 0.857. The van der Waals surface area contributed by atoms with Crippen LogP contribution in [0, 0.1) is 23.7 Å². The maximum atomic E-state index is 12.2. The molecular formula is C21H36O4. The zero-order chi connectivity index (χ0) is 18.2. The smallest absolute Gasteiger partial charge is 0.139 e. The molecule has 0 aromatic carbocycles. The zero-order valence-electron chi connectivity index (χ0n) is 15.6. The normalized spacial score (nSPS) is 33.8. The maximum absolute atomic E-state index is 12.2. The van der Waals surface area contributed by atoms with Gasteiger partial charge in [-0.1, -0.05) is 51.2 Å². The number of aliphatic hydroxyl groups is 3. The largest absolute Gasteiger partial charge is 0.396 e. The van der Waals surface area contributed by atoms with E-state index in [1.165, 1.54) is 6.42 Å². The highest BCUT2D eigenvalue weighted by Crippen LogP contribution is 2.39. The Kier molecular flexibility index (Phi) is 8.60. The molecule has 144 valence electrons. The highest BCUT2D eigenvalue weighted by Gasteiger charge is 2.40. The molecular weight excluding hydrogens is 316 g/mol. The minimum absolute atomic E-state index is 0.0962. The quantitative estimate of drug-likeness (QED) is 0.394. The van der Waals surface area contributed by atoms with E-state index in [-0.39, 0.29) is 30.6 Å². The van der Waals surface area contributed by atoms with E-state index in [0.29, 0.717) is 5.92 Å². The van der Waals surface area contributed by atoms with Gasteiger partial charge in [-0.2, -0.15) is 0 Å². The van der Waals surface area contributed by atoms with Gasteiger partial charge in [-0.25, -0.2) is 0 Å². The Morgan fingerprint density at radius 3 is 2.52 bits per heavy atom. The zero-order valence-corrected chi connectivity index (χ0v) is 15.6. The summed E-state index contributed by atoms with van der Waals surface area (Å²) in [5, 5.41) is 29.3. The topological polar surface area (TPSA) is 77.8 Å². The average Bonchev–Trinajstić information content (AvgIpc) is 2.81. The van der Waals surface area contributed by atoms with Crippen molar-refractivity contribution < 1.29 is 20.1 Å². The lowest BCUT2D eigenvalue weighted by Gasteiger charge is -2.37. The standard InChI is InChI=1S/C21H36O4/c1-2-15-12-16(13-15)19(23)10-9-18-17(20(24)14-21(18)25)8-6-4-3-5-7-11-22/h9-10,15-19,21-23,25H,2-8,11-14H2,1H3/t15?,16?,17-,18-,19-,21-/m1/s1. The summed E-state index contributed by atoms with van der Waals surface area (Å²) in [6.07, 6.45) is 12.2. The van der Waals surface area contributed by atoms with Crippen molar-refractivity contribution in [2.45, 2.75) is 83.3 Å². The van der Waals surface area contributed by atoms with Crippen LogP contribution in [-0.2, 0) is 4.79 Å². The molecule has 0 unspecified atom stereocenters. The first-order valence-electron chi connectivity index (χ1n) is 10.2. The molecule has 0 heterocycles. The van der Waals surface area contributed by atoms with Crippen LogP contribution >= 0.6 is 0 Å². The van der Waals surface area contributed by atoms with Crippen LogP contribution in [-0.4, -0.2) is 39.9 Å². The molecule has 0 spiro atoms. The minimum atomic E-state index is -0.597. The fourth-order valence-electron chi connectivity index (χ4n) is 4.40. The van der Waals surface area contributed by atoms with Gasteiger partial charge in [0.05, 0.1) is 12.2 Å². The van der Waals surface area contributed by atoms with Gasteiger partial charge in [-0.15, -0.1) is 0 Å². The maximum Gasteiger partial charge on any atom is 0.139 e. The third kappa shape index (κ3) is 5.90. The number of hydrogen-bond acceptors (Lipinski definition) is 4. The summed E-state index contributed by atoms with van der Waals surface area (Å²) in [6, 6.07) is 0. The Morgan fingerprint density at radius 1 is 1.16 bits per heavy atom. The van der Waals surface area contributed by atoms with Crippen LogP contribution in [0.1, 0.15) is 71.1 Å². The van der Waals surface area contributed by atoms with E-state index in [0.717, 1.165) is 57.3 Å². The lowest BCUT2D eigenvalue weighted by molar-refractivity contribution is -0.121. The van der Waals surface area contributed by atoms with Gasteiger partial charge in [0.15, 0.2) is 0 Å². The molecule has 2 fully saturated rings. The number of unbranched alkanes of at least 4 members (excludes halogenated alkanes) is 4. The molecule has 25 heavy (non-hydrogen) atoms. The van der Waals surface area contributed by atoms with E-state index in [2.05, 4.69) is 6.92 Å². The lowest BCUT2D eigenvalue weighted by Crippen LogP contribution is -2.32. The van der Waals surface area contributed by atoms with Crippen molar-refractivity contribution in [1.82, 2.24) is 0 Å². The van der Waals surface area contributed by atoms with Crippen LogP contribution < -0.4 is 0 Å². The molecule has 0 radical (unpaired) electrons. The van der Waals surface area contributed by atoms with Crippen LogP contribution in [0.3, 0.4) is 0 Å². The van der Waals surface area contributed by atoms with E-state index in [9.17, 15) is 15.0 Å². The van der Waals surface area contributed by atoms with E-state index in [1.807, 2.05) is 12.2 Å². The number of aliphatic hydroxyl groups excluding tert-OH is 3. The Balaban J connectivity index is 1.78. The van der Waals surface area contributed by atoms with Crippen molar-refractivity contribution in [3.8, 4) is 0 Å². The molecule has 2 aliphatic carbocycles. The summed E-state index contributed by atoms with van der Waals surface area (Å²) in [5.41, 5.74) is 0. The monoisotopic (exact) mass is 352 g/mol. The predicted molar refractivity (Wildman–Crippen MR) is 99.1 cm³/mol. The van der Waals surface area contributed by atoms with Gasteiger partial charge >= 0.3 is 0 Å². The van der Waals surface area contributed by atoms with Crippen molar-refractivity contribution >= 4 is 5.78 Å². The van der Waals surface area contributed by atoms with Crippen LogP contribution in [0.5, 0.6) is 0 Å². The van der Waals surface area contributed by atoms with Crippen molar-refractivity contribution in [3.63, 3.8) is 0 Å². The van der Waals surface area contributed by atoms with Gasteiger partial charge in [0.25, 0.3) is 0 Å². The third-order valence-electron chi connectivity index (χ3n) is 6.27. The van der Waals surface area contributed by atoms with E-state index in [1.54, 1.807) is 0 Å². The highest BCUT2D eigenvalue weighted by molar-refractivity contribution is 5.84. The molecule has 4 heteroatoms. The number of Topliss-reactive ketones (excluding diaryl/α,β-unsaturated/α-hetero) is 1. The SMILES string of the molecule is CCC1CC([C@H](O)C=C[C@H]2[C@H](O)CC(=O)[C@@H]2CCCCCCCO)C1. The average molecular weight is 353 g/mol. The Hall–Kier alpha value is -0.710. The Bertz CT molecular complexity index is 428. The number of hydrogen-bond donors (Lipinski definition) is 3. The van der Waals surface area contributed by atoms with Crippen LogP contribution in [0.15, 0.2) is 12.2 Å². The number of carbonyl (C=O) groups excluding carboxylic acids is 1. The van der Waals surface area contributed by atoms with Crippen molar-refractivity contribution in [3.05, 3.63) is 12.2 Å². The summed E-state index contributed by atoms with van der Waals surface area (Å²) in [7, 11) is 0. The third-order valence-corrected chi connectivity index (χ3v) is 6.27. The number of rotatable bonds is 11. The van der Waals surface area contributed by atoms with Gasteiger partial charge < -0.3 is 15.3 Å². The summed E-state index contributed by atoms with van der Waals surface area (Å²) < 4.78 is 0. The second kappa shape index (κ2) is 10.4. The van der Waals surface area contributed by atoms with Crippen LogP contribution in [0.4, 0.5) is 0 Å². The number of ketones is 1. The second-order valence-corrected chi connectivity index (χ2v) is 8.08. The molecule has 2 saturated carbocycles. The number of carbonyl (C=O) groups is 1. The molecule has 0 bridgehead atoms. The van der Waals surface area contributed by atoms with Crippen molar-refractivity contribution in [2.75, 3.05) is 6.61 Å². The molecule has 4 nitrogen and oxygen atoms in total. The van der Waals surface area contributed by atoms with E-state index in [4.69, 9.17) is 5.11 Å². The van der Waals surface area contributed by atoms with Crippen LogP contribution in [0.2, 0.25) is 0 Å². The highest BCUT2D eigenvalue weighted by atomic mass is 16.3. The molecule has 0 amide bonds. The molecule has 0 aromatic heterocycles. The minimum Gasteiger partial charge on any atom is -0.396 e. The van der Waals surface area contributed by atoms with Gasteiger partial charge in [0.1, 0.15) is 5.78 Å². The molecule has 2 aliphatic rings. The summed E-state index contributed by atoms with van der Waals surface area (Å²) >= 11 is 0. The molecule has 3 N–H and O–H groups in total. The fourth-order valence-corrected chi connectivity index (χ4v) is 4.40. The van der Waals surface area contributed by atoms with Crippen LogP contribution in [0.25, 0.3) is 0 Å². The van der Waals surface area contributed by atoms with Crippen molar-refractivity contribution in [2.24, 2.45) is 23.7 Å². The Labute approximate surface area is 152 Å². The van der Waals surface area contributed by atoms with Gasteiger partial charge in [-0.3, -0.25) is 4.79 Å². The van der Waals surface area contributed by atoms with Crippen molar-refractivity contribution in [1.29, 1.82) is 0 Å². The first kappa shape index (κ1) is 20.6. The molecule has 0 aliphatic heterocycles. The van der Waals surface area contributed by atoms with Gasteiger partial charge in [0.2, 0.25) is 0 Å². The van der Waals surface area contributed by atoms with E-state index < -0.39 is 12.2 Å². The lowest BCUT2D eigenvalue weighted by atomic mass is 9.70. The van der Waals surface area contributed by atoms with E-state index >= 15 is 0 Å². The predicted octanol–water partition coefficient (Wildman–Crippen LogP) is 3.24. The van der Waals surface area contributed by atoms with Gasteiger partial charge in [0, 0.05) is 24.9 Å². The first-order chi connectivity index (χ1) is 12.1. The summed E-state index contributed by atoms with van der Waals surface area (Å²) in [6.45, 7) is 2.44. The van der Waals surface area contributed by atoms with Gasteiger partial charge in [-0.05, 0) is 37.5 Å². The second-order valence-electron chi connectivity index (χ2n) is 8.08. The first-order valence-corrected chi connectivity index (χ1v) is 10.2. The molecule has 2 rings (SSSR count).